The van der Waals surface area contributed by atoms with E-state index in [1.165, 1.54) is 38.2 Å². The van der Waals surface area contributed by atoms with Crippen molar-refractivity contribution in [3.05, 3.63) is 30.2 Å². The van der Waals surface area contributed by atoms with Crippen LogP contribution in [-0.4, -0.2) is 41.0 Å². The van der Waals surface area contributed by atoms with Gasteiger partial charge in [0.15, 0.2) is 0 Å². The Hall–Kier alpha value is -1.55. The van der Waals surface area contributed by atoms with Gasteiger partial charge in [0.2, 0.25) is 0 Å². The zero-order valence-electron chi connectivity index (χ0n) is 12.4. The number of pyridine rings is 1. The summed E-state index contributed by atoms with van der Waals surface area (Å²) in [4.78, 5) is 7.28. The minimum absolute atomic E-state index is 0.746. The summed E-state index contributed by atoms with van der Waals surface area (Å²) in [7, 11) is 1.69. The van der Waals surface area contributed by atoms with Gasteiger partial charge in [0.05, 0.1) is 12.8 Å². The largest absolute Gasteiger partial charge is 0.497 e. The number of imidazole rings is 1. The Kier molecular flexibility index (Phi) is 3.92. The second kappa shape index (κ2) is 5.83. The van der Waals surface area contributed by atoms with Gasteiger partial charge in [-0.25, -0.2) is 4.98 Å². The summed E-state index contributed by atoms with van der Waals surface area (Å²) in [5.41, 5.74) is 2.17. The molecule has 1 aliphatic heterocycles. The Morgan fingerprint density at radius 3 is 3.15 bits per heavy atom. The molecule has 1 unspecified atom stereocenters. The van der Waals surface area contributed by atoms with Gasteiger partial charge in [0.25, 0.3) is 0 Å². The van der Waals surface area contributed by atoms with E-state index in [2.05, 4.69) is 22.4 Å². The molecule has 0 aromatic carbocycles. The van der Waals surface area contributed by atoms with Gasteiger partial charge in [-0.05, 0) is 44.3 Å². The number of rotatable bonds is 4. The SMILES string of the molecule is CCN1CCCC(Cc2cn3ccc(OC)cc3n2)C1. The minimum Gasteiger partial charge on any atom is -0.497 e. The molecule has 4 nitrogen and oxygen atoms in total. The van der Waals surface area contributed by atoms with Crippen molar-refractivity contribution in [1.29, 1.82) is 0 Å². The van der Waals surface area contributed by atoms with Gasteiger partial charge in [0.1, 0.15) is 11.4 Å². The first-order valence-electron chi connectivity index (χ1n) is 7.52. The van der Waals surface area contributed by atoms with Crippen molar-refractivity contribution in [3.63, 3.8) is 0 Å². The lowest BCUT2D eigenvalue weighted by molar-refractivity contribution is 0.181. The maximum absolute atomic E-state index is 5.25. The molecule has 0 radical (unpaired) electrons. The third-order valence-corrected chi connectivity index (χ3v) is 4.27. The van der Waals surface area contributed by atoms with Crippen LogP contribution in [0.5, 0.6) is 5.75 Å². The van der Waals surface area contributed by atoms with E-state index in [-0.39, 0.29) is 0 Å². The Morgan fingerprint density at radius 1 is 1.45 bits per heavy atom. The zero-order chi connectivity index (χ0) is 13.9. The lowest BCUT2D eigenvalue weighted by Gasteiger charge is -2.31. The van der Waals surface area contributed by atoms with E-state index >= 15 is 0 Å². The maximum Gasteiger partial charge on any atom is 0.140 e. The van der Waals surface area contributed by atoms with Gasteiger partial charge in [-0.1, -0.05) is 6.92 Å². The molecule has 20 heavy (non-hydrogen) atoms. The maximum atomic E-state index is 5.25. The first kappa shape index (κ1) is 13.4. The van der Waals surface area contributed by atoms with Crippen molar-refractivity contribution in [1.82, 2.24) is 14.3 Å². The van der Waals surface area contributed by atoms with Crippen LogP contribution in [0.25, 0.3) is 5.65 Å². The van der Waals surface area contributed by atoms with E-state index in [0.717, 1.165) is 23.7 Å². The third kappa shape index (κ3) is 2.80. The summed E-state index contributed by atoms with van der Waals surface area (Å²) in [6, 6.07) is 3.96. The fourth-order valence-corrected chi connectivity index (χ4v) is 3.14. The van der Waals surface area contributed by atoms with Crippen LogP contribution in [0.15, 0.2) is 24.5 Å². The normalized spacial score (nSPS) is 20.4. The number of nitrogens with zero attached hydrogens (tertiary/aromatic N) is 3. The molecule has 4 heteroatoms. The van der Waals surface area contributed by atoms with Crippen LogP contribution in [-0.2, 0) is 6.42 Å². The molecule has 0 aliphatic carbocycles. The number of methoxy groups -OCH3 is 1. The molecule has 1 atom stereocenters. The lowest BCUT2D eigenvalue weighted by Crippen LogP contribution is -2.35. The molecule has 2 aromatic heterocycles. The molecule has 1 aliphatic rings. The molecule has 0 amide bonds. The molecule has 0 saturated carbocycles. The molecule has 0 bridgehead atoms. The summed E-state index contributed by atoms with van der Waals surface area (Å²) in [6.45, 7) is 5.89. The van der Waals surface area contributed by atoms with Crippen LogP contribution in [0.4, 0.5) is 0 Å². The summed E-state index contributed by atoms with van der Waals surface area (Å²) >= 11 is 0. The van der Waals surface area contributed by atoms with Gasteiger partial charge in [-0.2, -0.15) is 0 Å². The number of likely N-dealkylation sites (tertiary alicyclic amines) is 1. The fraction of sp³-hybridized carbons (Fsp3) is 0.562. The van der Waals surface area contributed by atoms with Gasteiger partial charge in [-0.3, -0.25) is 0 Å². The molecular weight excluding hydrogens is 250 g/mol. The quantitative estimate of drug-likeness (QED) is 0.857. The predicted molar refractivity (Wildman–Crippen MR) is 80.3 cm³/mol. The number of piperidine rings is 1. The van der Waals surface area contributed by atoms with E-state index in [1.807, 2.05) is 18.3 Å². The van der Waals surface area contributed by atoms with Crippen molar-refractivity contribution in [3.8, 4) is 5.75 Å². The highest BCUT2D eigenvalue weighted by atomic mass is 16.5. The van der Waals surface area contributed by atoms with Crippen molar-refractivity contribution in [2.75, 3.05) is 26.7 Å². The Balaban J connectivity index is 1.74. The van der Waals surface area contributed by atoms with Crippen LogP contribution in [0.3, 0.4) is 0 Å². The standard InChI is InChI=1S/C16H23N3O/c1-3-18-7-4-5-13(11-18)9-14-12-19-8-6-15(20-2)10-16(19)17-14/h6,8,10,12-13H,3-5,7,9,11H2,1-2H3. The third-order valence-electron chi connectivity index (χ3n) is 4.27. The van der Waals surface area contributed by atoms with E-state index in [1.54, 1.807) is 7.11 Å². The summed E-state index contributed by atoms with van der Waals surface area (Å²) in [5, 5.41) is 0. The monoisotopic (exact) mass is 273 g/mol. The molecule has 108 valence electrons. The van der Waals surface area contributed by atoms with Crippen LogP contribution < -0.4 is 4.74 Å². The highest BCUT2D eigenvalue weighted by molar-refractivity contribution is 5.45. The number of ether oxygens (including phenoxy) is 1. The van der Waals surface area contributed by atoms with Crippen LogP contribution in [0.2, 0.25) is 0 Å². The second-order valence-electron chi connectivity index (χ2n) is 5.67. The average molecular weight is 273 g/mol. The average Bonchev–Trinajstić information content (AvgIpc) is 2.88. The minimum atomic E-state index is 0.746. The topological polar surface area (TPSA) is 29.8 Å². The molecule has 3 heterocycles. The Morgan fingerprint density at radius 2 is 2.35 bits per heavy atom. The van der Waals surface area contributed by atoms with Crippen molar-refractivity contribution in [2.45, 2.75) is 26.2 Å². The second-order valence-corrected chi connectivity index (χ2v) is 5.67. The molecule has 1 saturated heterocycles. The molecule has 0 spiro atoms. The van der Waals surface area contributed by atoms with E-state index in [4.69, 9.17) is 9.72 Å². The number of aromatic nitrogens is 2. The number of fused-ring (bicyclic) bond motifs is 1. The fourth-order valence-electron chi connectivity index (χ4n) is 3.14. The number of hydrogen-bond acceptors (Lipinski definition) is 3. The first-order chi connectivity index (χ1) is 9.78. The van der Waals surface area contributed by atoms with Crippen LogP contribution >= 0.6 is 0 Å². The highest BCUT2D eigenvalue weighted by Crippen LogP contribution is 2.21. The summed E-state index contributed by atoms with van der Waals surface area (Å²) in [5.74, 6) is 1.61. The number of hydrogen-bond donors (Lipinski definition) is 0. The van der Waals surface area contributed by atoms with Gasteiger partial charge in [-0.15, -0.1) is 0 Å². The predicted octanol–water partition coefficient (Wildman–Crippen LogP) is 2.62. The molecular formula is C16H23N3O. The molecule has 2 aromatic rings. The summed E-state index contributed by atoms with van der Waals surface area (Å²) < 4.78 is 7.33. The summed E-state index contributed by atoms with van der Waals surface area (Å²) in [6.07, 6.45) is 7.90. The van der Waals surface area contributed by atoms with Crippen molar-refractivity contribution < 1.29 is 4.74 Å². The Bertz CT molecular complexity index is 578. The highest BCUT2D eigenvalue weighted by Gasteiger charge is 2.20. The smallest absolute Gasteiger partial charge is 0.140 e. The Labute approximate surface area is 120 Å². The van der Waals surface area contributed by atoms with E-state index in [0.29, 0.717) is 0 Å². The lowest BCUT2D eigenvalue weighted by atomic mass is 9.94. The van der Waals surface area contributed by atoms with E-state index in [9.17, 15) is 0 Å². The van der Waals surface area contributed by atoms with Gasteiger partial charge in [0, 0.05) is 25.0 Å². The van der Waals surface area contributed by atoms with Crippen molar-refractivity contribution >= 4 is 5.65 Å². The van der Waals surface area contributed by atoms with Crippen molar-refractivity contribution in [2.24, 2.45) is 5.92 Å². The molecule has 3 rings (SSSR count). The van der Waals surface area contributed by atoms with Gasteiger partial charge >= 0.3 is 0 Å². The molecule has 1 fully saturated rings. The molecule has 0 N–H and O–H groups in total. The zero-order valence-corrected chi connectivity index (χ0v) is 12.4. The van der Waals surface area contributed by atoms with Crippen LogP contribution in [0, 0.1) is 5.92 Å². The van der Waals surface area contributed by atoms with E-state index < -0.39 is 0 Å². The van der Waals surface area contributed by atoms with Gasteiger partial charge < -0.3 is 14.0 Å². The van der Waals surface area contributed by atoms with Crippen LogP contribution in [0.1, 0.15) is 25.5 Å². The first-order valence-corrected chi connectivity index (χ1v) is 7.52.